The third-order valence-corrected chi connectivity index (χ3v) is 5.49. The van der Waals surface area contributed by atoms with Crippen LogP contribution in [0.25, 0.3) is 10.2 Å². The standard InChI is InChI=1S/C12H15N3O4S2.ClH/c1-2-19-11(16)9(7-13)15-21(17,18)12-14-8-5-3-4-6-10(8)20-12;/h3-6,9,15H,2,7,13H2,1H3;1H. The van der Waals surface area contributed by atoms with Crippen LogP contribution in [0.2, 0.25) is 0 Å². The molecule has 0 aliphatic rings. The van der Waals surface area contributed by atoms with E-state index >= 15 is 0 Å². The molecule has 122 valence electrons. The molecule has 0 aliphatic carbocycles. The average molecular weight is 366 g/mol. The molecule has 1 atom stereocenters. The smallest absolute Gasteiger partial charge is 0.325 e. The number of thiazole rings is 1. The fourth-order valence-electron chi connectivity index (χ4n) is 1.64. The van der Waals surface area contributed by atoms with Crippen molar-refractivity contribution in [3.63, 3.8) is 0 Å². The first-order valence-electron chi connectivity index (χ1n) is 6.22. The number of sulfonamides is 1. The van der Waals surface area contributed by atoms with Gasteiger partial charge in [-0.2, -0.15) is 4.72 Å². The molecule has 2 rings (SSSR count). The predicted octanol–water partition coefficient (Wildman–Crippen LogP) is 0.887. The summed E-state index contributed by atoms with van der Waals surface area (Å²) in [4.78, 5) is 15.7. The van der Waals surface area contributed by atoms with Gasteiger partial charge in [-0.15, -0.1) is 23.7 Å². The fraction of sp³-hybridized carbons (Fsp3) is 0.333. The lowest BCUT2D eigenvalue weighted by Gasteiger charge is -2.14. The van der Waals surface area contributed by atoms with Crippen molar-refractivity contribution in [3.05, 3.63) is 24.3 Å². The Bertz CT molecular complexity index is 715. The molecular weight excluding hydrogens is 350 g/mol. The first-order chi connectivity index (χ1) is 9.97. The number of hydrogen-bond acceptors (Lipinski definition) is 7. The SMILES string of the molecule is CCOC(=O)C(CN)NS(=O)(=O)c1nc2ccccc2s1.Cl. The van der Waals surface area contributed by atoms with Crippen LogP contribution in [0.3, 0.4) is 0 Å². The van der Waals surface area contributed by atoms with Gasteiger partial charge in [-0.3, -0.25) is 4.79 Å². The Hall–Kier alpha value is -1.26. The molecule has 0 aliphatic heterocycles. The Morgan fingerprint density at radius 3 is 2.73 bits per heavy atom. The van der Waals surface area contributed by atoms with Crippen molar-refractivity contribution in [2.75, 3.05) is 13.2 Å². The number of nitrogens with two attached hydrogens (primary N) is 1. The van der Waals surface area contributed by atoms with Crippen LogP contribution < -0.4 is 10.5 Å². The molecule has 1 aromatic carbocycles. The molecule has 0 saturated carbocycles. The molecule has 1 heterocycles. The van der Waals surface area contributed by atoms with Crippen LogP contribution in [-0.2, 0) is 19.6 Å². The van der Waals surface area contributed by atoms with E-state index in [1.807, 2.05) is 0 Å². The van der Waals surface area contributed by atoms with E-state index in [1.54, 1.807) is 31.2 Å². The lowest BCUT2D eigenvalue weighted by Crippen LogP contribution is -2.46. The van der Waals surface area contributed by atoms with E-state index < -0.39 is 22.0 Å². The number of fused-ring (bicyclic) bond motifs is 1. The van der Waals surface area contributed by atoms with Gasteiger partial charge in [-0.25, -0.2) is 13.4 Å². The number of rotatable bonds is 6. The van der Waals surface area contributed by atoms with Crippen LogP contribution in [-0.4, -0.2) is 38.6 Å². The van der Waals surface area contributed by atoms with Crippen molar-refractivity contribution in [1.29, 1.82) is 0 Å². The van der Waals surface area contributed by atoms with E-state index in [0.29, 0.717) is 5.52 Å². The summed E-state index contributed by atoms with van der Waals surface area (Å²) >= 11 is 1.03. The molecule has 0 radical (unpaired) electrons. The number of nitrogens with zero attached hydrogens (tertiary/aromatic N) is 1. The summed E-state index contributed by atoms with van der Waals surface area (Å²) in [6.45, 7) is 1.59. The molecule has 10 heteroatoms. The third kappa shape index (κ3) is 4.14. The maximum Gasteiger partial charge on any atom is 0.325 e. The minimum absolute atomic E-state index is 0. The van der Waals surface area contributed by atoms with E-state index in [0.717, 1.165) is 16.0 Å². The summed E-state index contributed by atoms with van der Waals surface area (Å²) in [5.41, 5.74) is 6.01. The Labute approximate surface area is 138 Å². The van der Waals surface area contributed by atoms with Gasteiger partial charge in [-0.05, 0) is 19.1 Å². The van der Waals surface area contributed by atoms with Gasteiger partial charge in [0.05, 0.1) is 16.8 Å². The molecule has 0 amide bonds. The maximum absolute atomic E-state index is 12.3. The normalized spacial score (nSPS) is 12.6. The maximum atomic E-state index is 12.3. The number of benzene rings is 1. The summed E-state index contributed by atoms with van der Waals surface area (Å²) in [7, 11) is -3.92. The van der Waals surface area contributed by atoms with Crippen LogP contribution in [0.5, 0.6) is 0 Å². The van der Waals surface area contributed by atoms with Crippen molar-refractivity contribution in [2.45, 2.75) is 17.3 Å². The highest BCUT2D eigenvalue weighted by molar-refractivity contribution is 7.91. The minimum Gasteiger partial charge on any atom is -0.465 e. The Balaban J connectivity index is 0.00000242. The zero-order valence-electron chi connectivity index (χ0n) is 11.7. The zero-order chi connectivity index (χ0) is 15.5. The Kier molecular flexibility index (Phi) is 6.69. The molecule has 2 aromatic rings. The van der Waals surface area contributed by atoms with Gasteiger partial charge in [0.1, 0.15) is 6.04 Å². The van der Waals surface area contributed by atoms with Crippen molar-refractivity contribution < 1.29 is 17.9 Å². The summed E-state index contributed by atoms with van der Waals surface area (Å²) in [5, 5.41) is 0. The summed E-state index contributed by atoms with van der Waals surface area (Å²) in [6.07, 6.45) is 0. The van der Waals surface area contributed by atoms with Crippen molar-refractivity contribution in [3.8, 4) is 0 Å². The minimum atomic E-state index is -3.92. The molecule has 0 bridgehead atoms. The third-order valence-electron chi connectivity index (χ3n) is 2.61. The Morgan fingerprint density at radius 1 is 1.45 bits per heavy atom. The highest BCUT2D eigenvalue weighted by Crippen LogP contribution is 2.24. The van der Waals surface area contributed by atoms with Gasteiger partial charge in [0.15, 0.2) is 0 Å². The highest BCUT2D eigenvalue weighted by atomic mass is 35.5. The van der Waals surface area contributed by atoms with E-state index in [4.69, 9.17) is 10.5 Å². The van der Waals surface area contributed by atoms with Gasteiger partial charge in [0.25, 0.3) is 10.0 Å². The topological polar surface area (TPSA) is 111 Å². The van der Waals surface area contributed by atoms with Crippen molar-refractivity contribution in [1.82, 2.24) is 9.71 Å². The van der Waals surface area contributed by atoms with Crippen LogP contribution in [0, 0.1) is 0 Å². The largest absolute Gasteiger partial charge is 0.465 e. The lowest BCUT2D eigenvalue weighted by molar-refractivity contribution is -0.144. The highest BCUT2D eigenvalue weighted by Gasteiger charge is 2.28. The number of para-hydroxylation sites is 1. The van der Waals surface area contributed by atoms with Gasteiger partial charge >= 0.3 is 5.97 Å². The van der Waals surface area contributed by atoms with Crippen LogP contribution in [0.1, 0.15) is 6.92 Å². The van der Waals surface area contributed by atoms with Gasteiger partial charge < -0.3 is 10.5 Å². The van der Waals surface area contributed by atoms with E-state index in [9.17, 15) is 13.2 Å². The summed E-state index contributed by atoms with van der Waals surface area (Å²) in [6, 6.07) is 5.94. The van der Waals surface area contributed by atoms with E-state index in [1.165, 1.54) is 0 Å². The van der Waals surface area contributed by atoms with E-state index in [2.05, 4.69) is 9.71 Å². The number of carbonyl (C=O) groups is 1. The Morgan fingerprint density at radius 2 is 2.14 bits per heavy atom. The average Bonchev–Trinajstić information content (AvgIpc) is 2.90. The van der Waals surface area contributed by atoms with Gasteiger partial charge in [0.2, 0.25) is 4.34 Å². The number of ether oxygens (including phenoxy) is 1. The second-order valence-electron chi connectivity index (χ2n) is 4.11. The molecule has 0 fully saturated rings. The molecule has 3 N–H and O–H groups in total. The molecule has 0 spiro atoms. The number of carbonyl (C=O) groups excluding carboxylic acids is 1. The second kappa shape index (κ2) is 7.84. The molecular formula is C12H16ClN3O4S2. The second-order valence-corrected chi connectivity index (χ2v) is 7.03. The summed E-state index contributed by atoms with van der Waals surface area (Å²) in [5.74, 6) is -0.704. The van der Waals surface area contributed by atoms with E-state index in [-0.39, 0.29) is 29.9 Å². The van der Waals surface area contributed by atoms with Crippen LogP contribution in [0.4, 0.5) is 0 Å². The fourth-order valence-corrected chi connectivity index (χ4v) is 4.07. The lowest BCUT2D eigenvalue weighted by atomic mass is 10.3. The number of nitrogens with one attached hydrogen (secondary N) is 1. The number of halogens is 1. The van der Waals surface area contributed by atoms with Crippen molar-refractivity contribution >= 4 is 50.0 Å². The number of aromatic nitrogens is 1. The summed E-state index contributed by atoms with van der Waals surface area (Å²) < 4.78 is 32.1. The van der Waals surface area contributed by atoms with Crippen LogP contribution >= 0.6 is 23.7 Å². The predicted molar refractivity (Wildman–Crippen MR) is 86.7 cm³/mol. The molecule has 7 nitrogen and oxygen atoms in total. The monoisotopic (exact) mass is 365 g/mol. The first-order valence-corrected chi connectivity index (χ1v) is 8.52. The number of hydrogen-bond donors (Lipinski definition) is 2. The van der Waals surface area contributed by atoms with Gasteiger partial charge in [0, 0.05) is 6.54 Å². The molecule has 1 aromatic heterocycles. The quantitative estimate of drug-likeness (QED) is 0.735. The molecule has 22 heavy (non-hydrogen) atoms. The van der Waals surface area contributed by atoms with Crippen LogP contribution in [0.15, 0.2) is 28.6 Å². The zero-order valence-corrected chi connectivity index (χ0v) is 14.1. The molecule has 1 unspecified atom stereocenters. The van der Waals surface area contributed by atoms with Gasteiger partial charge in [-0.1, -0.05) is 12.1 Å². The first kappa shape index (κ1) is 18.8. The van der Waals surface area contributed by atoms with Crippen molar-refractivity contribution in [2.24, 2.45) is 5.73 Å². The molecule has 0 saturated heterocycles. The number of esters is 1.